The Hall–Kier alpha value is -2.05. The van der Waals surface area contributed by atoms with Crippen molar-refractivity contribution in [3.05, 3.63) is 53.6 Å². The van der Waals surface area contributed by atoms with E-state index in [0.717, 1.165) is 5.56 Å². The van der Waals surface area contributed by atoms with Crippen molar-refractivity contribution >= 4 is 27.2 Å². The van der Waals surface area contributed by atoms with Gasteiger partial charge in [-0.1, -0.05) is 44.2 Å². The number of allylic oxidation sites excluding steroid dienone is 2. The minimum absolute atomic E-state index is 0.289. The van der Waals surface area contributed by atoms with Crippen LogP contribution in [0.4, 0.5) is 0 Å². The molecule has 0 radical (unpaired) electrons. The van der Waals surface area contributed by atoms with Crippen LogP contribution >= 0.6 is 0 Å². The molecule has 1 heterocycles. The van der Waals surface area contributed by atoms with Gasteiger partial charge in [0.05, 0.1) is 5.71 Å². The molecule has 1 aromatic carbocycles. The van der Waals surface area contributed by atoms with Crippen molar-refractivity contribution in [2.45, 2.75) is 19.1 Å². The number of hydrogen-bond donors (Lipinski definition) is 0. The molecule has 0 fully saturated rings. The Labute approximate surface area is 136 Å². The summed E-state index contributed by atoms with van der Waals surface area (Å²) >= 11 is 0. The molecule has 5 nitrogen and oxygen atoms in total. The molecule has 1 aliphatic carbocycles. The number of sulfonamides is 1. The Bertz CT molecular complexity index is 846. The van der Waals surface area contributed by atoms with Crippen LogP contribution in [0, 0.1) is 0 Å². The van der Waals surface area contributed by atoms with Gasteiger partial charge in [0.25, 0.3) is 5.91 Å². The average molecular weight is 330 g/mol. The molecule has 0 bridgehead atoms. The molecular formula is C17H18N2O3S. The number of amides is 1. The van der Waals surface area contributed by atoms with Gasteiger partial charge in [-0.25, -0.2) is 17.7 Å². The van der Waals surface area contributed by atoms with Gasteiger partial charge in [0, 0.05) is 24.2 Å². The van der Waals surface area contributed by atoms with Crippen LogP contribution < -0.4 is 0 Å². The van der Waals surface area contributed by atoms with Crippen LogP contribution in [-0.4, -0.2) is 42.7 Å². The smallest absolute Gasteiger partial charge is 0.267 e. The van der Waals surface area contributed by atoms with Gasteiger partial charge in [0.1, 0.15) is 5.25 Å². The van der Waals surface area contributed by atoms with Crippen molar-refractivity contribution in [1.29, 1.82) is 0 Å². The van der Waals surface area contributed by atoms with E-state index < -0.39 is 15.3 Å². The molecule has 1 unspecified atom stereocenters. The molecule has 3 rings (SSSR count). The summed E-state index contributed by atoms with van der Waals surface area (Å²) in [6.45, 7) is 4.51. The predicted octanol–water partition coefficient (Wildman–Crippen LogP) is 2.27. The number of carbonyl (C=O) groups is 1. The Morgan fingerprint density at radius 1 is 1.13 bits per heavy atom. The molecule has 23 heavy (non-hydrogen) atoms. The zero-order valence-corrected chi connectivity index (χ0v) is 13.9. The van der Waals surface area contributed by atoms with Crippen molar-refractivity contribution in [3.8, 4) is 0 Å². The lowest BCUT2D eigenvalue weighted by Crippen LogP contribution is -2.38. The summed E-state index contributed by atoms with van der Waals surface area (Å²) in [4.78, 5) is 16.1. The van der Waals surface area contributed by atoms with E-state index in [4.69, 9.17) is 0 Å². The lowest BCUT2D eigenvalue weighted by atomic mass is 9.89. The lowest BCUT2D eigenvalue weighted by Gasteiger charge is -2.26. The minimum atomic E-state index is -3.46. The first kappa shape index (κ1) is 15.8. The molecule has 0 saturated carbocycles. The zero-order chi connectivity index (χ0) is 16.6. The van der Waals surface area contributed by atoms with Gasteiger partial charge in [-0.15, -0.1) is 0 Å². The van der Waals surface area contributed by atoms with Crippen LogP contribution in [0.25, 0.3) is 5.57 Å². The maximum atomic E-state index is 12.7. The van der Waals surface area contributed by atoms with Gasteiger partial charge in [0.15, 0.2) is 0 Å². The summed E-state index contributed by atoms with van der Waals surface area (Å²) in [5.41, 5.74) is 2.49. The molecule has 1 aromatic rings. The molecule has 0 N–H and O–H groups in total. The van der Waals surface area contributed by atoms with Crippen molar-refractivity contribution in [2.75, 3.05) is 13.1 Å². The normalized spacial score (nSPS) is 20.0. The monoisotopic (exact) mass is 330 g/mol. The first-order valence-corrected chi connectivity index (χ1v) is 9.11. The molecule has 0 saturated heterocycles. The van der Waals surface area contributed by atoms with Crippen molar-refractivity contribution < 1.29 is 13.2 Å². The highest BCUT2D eigenvalue weighted by Crippen LogP contribution is 2.31. The number of carbonyl (C=O) groups excluding carboxylic acids is 1. The van der Waals surface area contributed by atoms with Gasteiger partial charge in [-0.3, -0.25) is 4.79 Å². The highest BCUT2D eigenvalue weighted by Gasteiger charge is 2.32. The summed E-state index contributed by atoms with van der Waals surface area (Å²) in [7, 11) is -3.46. The summed E-state index contributed by atoms with van der Waals surface area (Å²) in [5, 5.41) is -0.738. The third kappa shape index (κ3) is 2.58. The second-order valence-electron chi connectivity index (χ2n) is 5.38. The fourth-order valence-electron chi connectivity index (χ4n) is 2.92. The van der Waals surface area contributed by atoms with E-state index in [1.807, 2.05) is 26.0 Å². The van der Waals surface area contributed by atoms with Crippen LogP contribution in [-0.2, 0) is 10.0 Å². The molecule has 2 aliphatic rings. The highest BCUT2D eigenvalue weighted by molar-refractivity contribution is 7.90. The minimum Gasteiger partial charge on any atom is -0.267 e. The SMILES string of the molecule is CCN(CC)S(=O)(=O)C1C=CC2=NC(=O)c3ccccc3C2=C1. The van der Waals surface area contributed by atoms with Crippen molar-refractivity contribution in [1.82, 2.24) is 4.31 Å². The van der Waals surface area contributed by atoms with E-state index in [1.165, 1.54) is 4.31 Å². The Morgan fingerprint density at radius 2 is 1.78 bits per heavy atom. The average Bonchev–Trinajstić information content (AvgIpc) is 2.55. The largest absolute Gasteiger partial charge is 0.278 e. The number of aliphatic imine (C=N–C) groups is 1. The number of benzene rings is 1. The van der Waals surface area contributed by atoms with E-state index >= 15 is 0 Å². The van der Waals surface area contributed by atoms with Crippen LogP contribution in [0.1, 0.15) is 29.8 Å². The van der Waals surface area contributed by atoms with Crippen LogP contribution in [0.2, 0.25) is 0 Å². The quantitative estimate of drug-likeness (QED) is 0.850. The van der Waals surface area contributed by atoms with Gasteiger partial charge in [-0.2, -0.15) is 0 Å². The highest BCUT2D eigenvalue weighted by atomic mass is 32.2. The maximum absolute atomic E-state index is 12.7. The molecule has 1 atom stereocenters. The molecule has 1 aliphatic heterocycles. The number of hydrogen-bond acceptors (Lipinski definition) is 3. The summed E-state index contributed by atoms with van der Waals surface area (Å²) in [6, 6.07) is 7.15. The van der Waals surface area contributed by atoms with E-state index in [1.54, 1.807) is 30.4 Å². The first-order valence-electron chi connectivity index (χ1n) is 7.60. The second-order valence-corrected chi connectivity index (χ2v) is 7.47. The second kappa shape index (κ2) is 5.86. The number of nitrogens with zero attached hydrogens (tertiary/aromatic N) is 2. The Morgan fingerprint density at radius 3 is 2.43 bits per heavy atom. The summed E-state index contributed by atoms with van der Waals surface area (Å²) in [6.07, 6.45) is 4.92. The van der Waals surface area contributed by atoms with E-state index in [-0.39, 0.29) is 5.91 Å². The summed E-state index contributed by atoms with van der Waals surface area (Å²) in [5.74, 6) is -0.289. The van der Waals surface area contributed by atoms with Crippen LogP contribution in [0.3, 0.4) is 0 Å². The zero-order valence-electron chi connectivity index (χ0n) is 13.1. The van der Waals surface area contributed by atoms with Crippen LogP contribution in [0.15, 0.2) is 47.5 Å². The molecule has 0 aromatic heterocycles. The molecule has 1 amide bonds. The standard InChI is InChI=1S/C17H18N2O3S/c1-3-19(4-2)23(21,22)12-9-10-16-15(11-12)13-7-5-6-8-14(13)17(20)18-16/h5-12H,3-4H2,1-2H3. The molecular weight excluding hydrogens is 312 g/mol. The maximum Gasteiger partial charge on any atom is 0.278 e. The molecule has 120 valence electrons. The third-order valence-corrected chi connectivity index (χ3v) is 6.35. The van der Waals surface area contributed by atoms with E-state index in [9.17, 15) is 13.2 Å². The lowest BCUT2D eigenvalue weighted by molar-refractivity contribution is 0.100. The van der Waals surface area contributed by atoms with E-state index in [0.29, 0.717) is 29.9 Å². The van der Waals surface area contributed by atoms with Gasteiger partial charge < -0.3 is 0 Å². The number of rotatable bonds is 4. The van der Waals surface area contributed by atoms with Crippen LogP contribution in [0.5, 0.6) is 0 Å². The topological polar surface area (TPSA) is 66.8 Å². The number of fused-ring (bicyclic) bond motifs is 3. The fourth-order valence-corrected chi connectivity index (χ4v) is 4.57. The van der Waals surface area contributed by atoms with Gasteiger partial charge in [0.2, 0.25) is 10.0 Å². The molecule has 0 spiro atoms. The van der Waals surface area contributed by atoms with Crippen molar-refractivity contribution in [3.63, 3.8) is 0 Å². The molecule has 6 heteroatoms. The third-order valence-electron chi connectivity index (χ3n) is 4.13. The van der Waals surface area contributed by atoms with Gasteiger partial charge >= 0.3 is 0 Å². The van der Waals surface area contributed by atoms with Gasteiger partial charge in [-0.05, 0) is 17.7 Å². The Balaban J connectivity index is 2.09. The summed E-state index contributed by atoms with van der Waals surface area (Å²) < 4.78 is 26.9. The Kier molecular flexibility index (Phi) is 4.04. The van der Waals surface area contributed by atoms with Crippen molar-refractivity contribution in [2.24, 2.45) is 4.99 Å². The first-order chi connectivity index (χ1) is 11.0. The van der Waals surface area contributed by atoms with E-state index in [2.05, 4.69) is 4.99 Å². The fraction of sp³-hybridized carbons (Fsp3) is 0.294. The predicted molar refractivity (Wildman–Crippen MR) is 91.0 cm³/mol.